The van der Waals surface area contributed by atoms with Gasteiger partial charge in [-0.05, 0) is 53.4 Å². The van der Waals surface area contributed by atoms with Crippen LogP contribution in [0.5, 0.6) is 0 Å². The first-order valence-electron chi connectivity index (χ1n) is 7.19. The normalized spacial score (nSPS) is 14.1. The summed E-state index contributed by atoms with van der Waals surface area (Å²) in [6, 6.07) is 0. The second-order valence-corrected chi connectivity index (χ2v) is 7.71. The van der Waals surface area contributed by atoms with E-state index in [4.69, 9.17) is 0 Å². The molecule has 0 saturated carbocycles. The maximum absolute atomic E-state index is 12.2. The van der Waals surface area contributed by atoms with Crippen LogP contribution in [0.2, 0.25) is 0 Å². The van der Waals surface area contributed by atoms with Crippen LogP contribution >= 0.6 is 0 Å². The van der Waals surface area contributed by atoms with Gasteiger partial charge in [-0.1, -0.05) is 34.9 Å². The van der Waals surface area contributed by atoms with Crippen molar-refractivity contribution < 1.29 is 21.6 Å². The number of sulfone groups is 1. The molecule has 6 heteroatoms. The number of halogens is 3. The summed E-state index contributed by atoms with van der Waals surface area (Å²) in [5.74, 6) is -0.981. The summed E-state index contributed by atoms with van der Waals surface area (Å²) in [7, 11) is -5.05. The van der Waals surface area contributed by atoms with Crippen molar-refractivity contribution in [3.05, 3.63) is 34.9 Å². The fourth-order valence-electron chi connectivity index (χ4n) is 1.69. The monoisotopic (exact) mass is 338 g/mol. The van der Waals surface area contributed by atoms with Crippen molar-refractivity contribution in [3.63, 3.8) is 0 Å². The summed E-state index contributed by atoms with van der Waals surface area (Å²) >= 11 is 0. The quantitative estimate of drug-likeness (QED) is 0.560. The molecule has 0 bridgehead atoms. The molecule has 0 rings (SSSR count). The highest BCUT2D eigenvalue weighted by Crippen LogP contribution is 2.24. The molecule has 0 saturated heterocycles. The van der Waals surface area contributed by atoms with Gasteiger partial charge < -0.3 is 0 Å². The largest absolute Gasteiger partial charge is 0.497 e. The average Bonchev–Trinajstić information content (AvgIpc) is 2.34. The van der Waals surface area contributed by atoms with E-state index in [1.54, 1.807) is 6.92 Å². The summed E-state index contributed by atoms with van der Waals surface area (Å²) in [4.78, 5) is 0. The van der Waals surface area contributed by atoms with Gasteiger partial charge in [-0.2, -0.15) is 13.2 Å². The second kappa shape index (κ2) is 9.18. The summed E-state index contributed by atoms with van der Waals surface area (Å²) in [6.45, 7) is 7.76. The van der Waals surface area contributed by atoms with E-state index in [9.17, 15) is 21.6 Å². The minimum Gasteiger partial charge on any atom is -0.219 e. The molecule has 22 heavy (non-hydrogen) atoms. The lowest BCUT2D eigenvalue weighted by molar-refractivity contribution is -0.0432. The van der Waals surface area contributed by atoms with Gasteiger partial charge in [0.25, 0.3) is 9.84 Å². The Bertz CT molecular complexity index is 534. The van der Waals surface area contributed by atoms with Gasteiger partial charge in [0.15, 0.2) is 0 Å². The third-order valence-electron chi connectivity index (χ3n) is 3.13. The summed E-state index contributed by atoms with van der Waals surface area (Å²) in [5, 5.41) is 0. The van der Waals surface area contributed by atoms with Crippen LogP contribution in [0, 0.1) is 0 Å². The smallest absolute Gasteiger partial charge is 0.219 e. The van der Waals surface area contributed by atoms with Crippen LogP contribution in [0.15, 0.2) is 34.9 Å². The zero-order chi connectivity index (χ0) is 17.4. The molecule has 0 aromatic heterocycles. The Hall–Kier alpha value is -1.04. The number of allylic oxidation sites excluding steroid dienone is 5. The van der Waals surface area contributed by atoms with Gasteiger partial charge in [-0.3, -0.25) is 0 Å². The van der Waals surface area contributed by atoms with Crippen molar-refractivity contribution in [3.8, 4) is 0 Å². The van der Waals surface area contributed by atoms with Crippen LogP contribution in [0.25, 0.3) is 0 Å². The maximum atomic E-state index is 12.2. The van der Waals surface area contributed by atoms with E-state index in [0.717, 1.165) is 18.9 Å². The van der Waals surface area contributed by atoms with Crippen LogP contribution in [0.1, 0.15) is 53.4 Å². The van der Waals surface area contributed by atoms with Gasteiger partial charge in [0.1, 0.15) is 0 Å². The second-order valence-electron chi connectivity index (χ2n) is 5.69. The summed E-state index contributed by atoms with van der Waals surface area (Å²) in [5.41, 5.74) is -2.02. The van der Waals surface area contributed by atoms with Gasteiger partial charge in [0.2, 0.25) is 0 Å². The molecule has 0 atom stereocenters. The van der Waals surface area contributed by atoms with Gasteiger partial charge in [-0.25, -0.2) is 8.42 Å². The predicted octanol–water partition coefficient (Wildman–Crippen LogP) is 5.34. The molecule has 0 aliphatic rings. The SMILES string of the molecule is CC(C)=CCCC(C)=CCCC(C)=CCS(=O)(=O)C(F)(F)F. The third kappa shape index (κ3) is 9.07. The highest BCUT2D eigenvalue weighted by atomic mass is 32.2. The fraction of sp³-hybridized carbons (Fsp3) is 0.625. The number of alkyl halides is 3. The molecule has 0 amide bonds. The maximum Gasteiger partial charge on any atom is 0.497 e. The number of rotatable bonds is 8. The molecule has 0 heterocycles. The first-order valence-corrected chi connectivity index (χ1v) is 8.84. The highest BCUT2D eigenvalue weighted by molar-refractivity contribution is 7.92. The molecule has 0 unspecified atom stereocenters. The van der Waals surface area contributed by atoms with Crippen LogP contribution < -0.4 is 0 Å². The summed E-state index contributed by atoms with van der Waals surface area (Å²) in [6.07, 6.45) is 8.55. The van der Waals surface area contributed by atoms with Crippen molar-refractivity contribution in [2.45, 2.75) is 58.9 Å². The molecular formula is C16H25F3O2S. The van der Waals surface area contributed by atoms with Crippen molar-refractivity contribution in [1.29, 1.82) is 0 Å². The standard InChI is InChI=1S/C16H25F3O2S/c1-13(2)7-5-8-14(3)9-6-10-15(4)11-12-22(20,21)16(17,18)19/h7,9,11H,5-6,8,10,12H2,1-4H3. The molecule has 2 nitrogen and oxygen atoms in total. The number of hydrogen-bond donors (Lipinski definition) is 0. The molecular weight excluding hydrogens is 313 g/mol. The van der Waals surface area contributed by atoms with Crippen LogP contribution in [-0.4, -0.2) is 19.7 Å². The molecule has 0 aliphatic carbocycles. The van der Waals surface area contributed by atoms with Crippen molar-refractivity contribution >= 4 is 9.84 Å². The Labute approximate surface area is 131 Å². The minimum atomic E-state index is -5.18. The zero-order valence-electron chi connectivity index (χ0n) is 13.6. The van der Waals surface area contributed by atoms with E-state index in [2.05, 4.69) is 12.2 Å². The van der Waals surface area contributed by atoms with Crippen molar-refractivity contribution in [2.24, 2.45) is 0 Å². The van der Waals surface area contributed by atoms with Crippen LogP contribution in [0.4, 0.5) is 13.2 Å². The van der Waals surface area contributed by atoms with E-state index in [-0.39, 0.29) is 0 Å². The van der Waals surface area contributed by atoms with E-state index >= 15 is 0 Å². The Balaban J connectivity index is 4.31. The van der Waals surface area contributed by atoms with Crippen LogP contribution in [0.3, 0.4) is 0 Å². The zero-order valence-corrected chi connectivity index (χ0v) is 14.4. The third-order valence-corrected chi connectivity index (χ3v) is 4.44. The Morgan fingerprint density at radius 3 is 1.77 bits per heavy atom. The molecule has 0 radical (unpaired) electrons. The van der Waals surface area contributed by atoms with Gasteiger partial charge in [0.05, 0.1) is 5.75 Å². The average molecular weight is 338 g/mol. The van der Waals surface area contributed by atoms with Crippen molar-refractivity contribution in [2.75, 3.05) is 5.75 Å². The molecule has 0 aromatic carbocycles. The van der Waals surface area contributed by atoms with E-state index in [0.29, 0.717) is 18.4 Å². The lowest BCUT2D eigenvalue weighted by Gasteiger charge is -2.06. The molecule has 0 fully saturated rings. The number of hydrogen-bond acceptors (Lipinski definition) is 2. The lowest BCUT2D eigenvalue weighted by Crippen LogP contribution is -2.25. The van der Waals surface area contributed by atoms with E-state index in [1.807, 2.05) is 20.8 Å². The molecule has 0 N–H and O–H groups in total. The fourth-order valence-corrected chi connectivity index (χ4v) is 2.38. The molecule has 128 valence electrons. The van der Waals surface area contributed by atoms with E-state index < -0.39 is 21.1 Å². The lowest BCUT2D eigenvalue weighted by atomic mass is 10.1. The first kappa shape index (κ1) is 21.0. The molecule has 0 aromatic rings. The Kier molecular flexibility index (Phi) is 8.74. The van der Waals surface area contributed by atoms with Gasteiger partial charge in [0, 0.05) is 0 Å². The van der Waals surface area contributed by atoms with Crippen LogP contribution in [-0.2, 0) is 9.84 Å². The minimum absolute atomic E-state index is 0.563. The molecule has 0 spiro atoms. The molecule has 0 aliphatic heterocycles. The highest BCUT2D eigenvalue weighted by Gasteiger charge is 2.44. The Morgan fingerprint density at radius 2 is 1.32 bits per heavy atom. The Morgan fingerprint density at radius 1 is 0.864 bits per heavy atom. The topological polar surface area (TPSA) is 34.1 Å². The predicted molar refractivity (Wildman–Crippen MR) is 85.3 cm³/mol. The summed E-state index contributed by atoms with van der Waals surface area (Å²) < 4.78 is 58.4. The van der Waals surface area contributed by atoms with Gasteiger partial charge >= 0.3 is 5.51 Å². The first-order chi connectivity index (χ1) is 9.95. The van der Waals surface area contributed by atoms with Crippen molar-refractivity contribution in [1.82, 2.24) is 0 Å². The van der Waals surface area contributed by atoms with Gasteiger partial charge in [-0.15, -0.1) is 0 Å². The van der Waals surface area contributed by atoms with E-state index in [1.165, 1.54) is 11.1 Å².